The van der Waals surface area contributed by atoms with Gasteiger partial charge in [0, 0.05) is 18.8 Å². The maximum atomic E-state index is 15.0. The van der Waals surface area contributed by atoms with Crippen molar-refractivity contribution in [2.24, 2.45) is 29.6 Å². The SMILES string of the molecule is C=CC1CCC(C2CCC(C3CC=C(c4ccc(CCCCCOCC)c(F)c4F)CC3)CC2)CC1. The Bertz CT molecular complexity index is 859. The maximum Gasteiger partial charge on any atom is 0.166 e. The minimum Gasteiger partial charge on any atom is -0.382 e. The highest BCUT2D eigenvalue weighted by molar-refractivity contribution is 5.67. The highest BCUT2D eigenvalue weighted by Crippen LogP contribution is 2.46. The minimum absolute atomic E-state index is 0.491. The molecule has 1 aromatic carbocycles. The van der Waals surface area contributed by atoms with Gasteiger partial charge >= 0.3 is 0 Å². The van der Waals surface area contributed by atoms with Crippen molar-refractivity contribution >= 4 is 5.57 Å². The number of allylic oxidation sites excluding steroid dienone is 3. The van der Waals surface area contributed by atoms with Gasteiger partial charge in [0.15, 0.2) is 11.6 Å². The third-order valence-corrected chi connectivity index (χ3v) is 9.70. The second-order valence-electron chi connectivity index (χ2n) is 11.8. The molecule has 3 aliphatic carbocycles. The highest BCUT2D eigenvalue weighted by Gasteiger charge is 2.33. The molecule has 2 saturated carbocycles. The van der Waals surface area contributed by atoms with Crippen LogP contribution in [0, 0.1) is 41.2 Å². The van der Waals surface area contributed by atoms with Gasteiger partial charge in [0.25, 0.3) is 0 Å². The van der Waals surface area contributed by atoms with E-state index < -0.39 is 11.6 Å². The zero-order valence-corrected chi connectivity index (χ0v) is 22.6. The Morgan fingerprint density at radius 3 is 2.11 bits per heavy atom. The molecule has 1 unspecified atom stereocenters. The Hall–Kier alpha value is -1.48. The van der Waals surface area contributed by atoms with E-state index in [2.05, 4.69) is 18.7 Å². The van der Waals surface area contributed by atoms with Crippen molar-refractivity contribution in [1.29, 1.82) is 0 Å². The van der Waals surface area contributed by atoms with Gasteiger partial charge in [-0.25, -0.2) is 8.78 Å². The van der Waals surface area contributed by atoms with Gasteiger partial charge in [-0.3, -0.25) is 0 Å². The molecule has 0 radical (unpaired) electrons. The summed E-state index contributed by atoms with van der Waals surface area (Å²) in [5.74, 6) is 2.88. The van der Waals surface area contributed by atoms with Crippen LogP contribution in [0.4, 0.5) is 8.78 Å². The molecule has 0 aliphatic heterocycles. The van der Waals surface area contributed by atoms with Crippen LogP contribution in [0.15, 0.2) is 30.9 Å². The minimum atomic E-state index is -0.641. The van der Waals surface area contributed by atoms with E-state index in [9.17, 15) is 8.78 Å². The zero-order valence-electron chi connectivity index (χ0n) is 22.6. The molecule has 0 bridgehead atoms. The number of aryl methyl sites for hydroxylation is 1. The highest BCUT2D eigenvalue weighted by atomic mass is 19.2. The lowest BCUT2D eigenvalue weighted by molar-refractivity contribution is 0.128. The first kappa shape index (κ1) is 27.6. The molecule has 2 fully saturated rings. The van der Waals surface area contributed by atoms with Crippen LogP contribution in [-0.2, 0) is 11.2 Å². The molecule has 3 heteroatoms. The van der Waals surface area contributed by atoms with Gasteiger partial charge in [-0.1, -0.05) is 30.7 Å². The van der Waals surface area contributed by atoms with E-state index in [1.165, 1.54) is 51.4 Å². The molecule has 0 saturated heterocycles. The van der Waals surface area contributed by atoms with Gasteiger partial charge < -0.3 is 4.74 Å². The van der Waals surface area contributed by atoms with Crippen molar-refractivity contribution in [3.63, 3.8) is 0 Å². The summed E-state index contributed by atoms with van der Waals surface area (Å²) in [5.41, 5.74) is 2.01. The van der Waals surface area contributed by atoms with Crippen LogP contribution in [0.3, 0.4) is 0 Å². The second kappa shape index (κ2) is 13.9. The maximum absolute atomic E-state index is 15.0. The van der Waals surface area contributed by atoms with Crippen LogP contribution in [0.25, 0.3) is 5.57 Å². The van der Waals surface area contributed by atoms with Gasteiger partial charge in [-0.2, -0.15) is 0 Å². The normalized spacial score (nSPS) is 29.1. The fourth-order valence-electron chi connectivity index (χ4n) is 7.34. The molecule has 3 aliphatic rings. The summed E-state index contributed by atoms with van der Waals surface area (Å²) in [6, 6.07) is 3.64. The lowest BCUT2D eigenvalue weighted by atomic mass is 9.66. The third kappa shape index (κ3) is 7.09. The van der Waals surface area contributed by atoms with E-state index in [-0.39, 0.29) is 0 Å². The molecule has 0 spiro atoms. The number of hydrogen-bond donors (Lipinski definition) is 0. The van der Waals surface area contributed by atoms with E-state index in [1.54, 1.807) is 0 Å². The quantitative estimate of drug-likeness (QED) is 0.218. The molecule has 1 nitrogen and oxygen atoms in total. The molecule has 0 amide bonds. The lowest BCUT2D eigenvalue weighted by Gasteiger charge is -2.40. The van der Waals surface area contributed by atoms with Gasteiger partial charge in [0.1, 0.15) is 0 Å². The van der Waals surface area contributed by atoms with Crippen molar-refractivity contribution in [3.8, 4) is 0 Å². The van der Waals surface area contributed by atoms with Crippen molar-refractivity contribution in [2.75, 3.05) is 13.2 Å². The van der Waals surface area contributed by atoms with E-state index in [1.807, 2.05) is 19.1 Å². The first-order valence-corrected chi connectivity index (χ1v) is 15.0. The Morgan fingerprint density at radius 2 is 1.50 bits per heavy atom. The summed E-state index contributed by atoms with van der Waals surface area (Å²) in [4.78, 5) is 0. The molecule has 4 rings (SSSR count). The number of ether oxygens (including phenoxy) is 1. The predicted octanol–water partition coefficient (Wildman–Crippen LogP) is 9.70. The second-order valence-corrected chi connectivity index (χ2v) is 11.8. The number of halogens is 2. The molecular weight excluding hydrogens is 450 g/mol. The van der Waals surface area contributed by atoms with Crippen LogP contribution >= 0.6 is 0 Å². The molecule has 1 atom stereocenters. The topological polar surface area (TPSA) is 9.23 Å². The van der Waals surface area contributed by atoms with Crippen LogP contribution < -0.4 is 0 Å². The average molecular weight is 499 g/mol. The number of hydrogen-bond acceptors (Lipinski definition) is 1. The summed E-state index contributed by atoms with van der Waals surface area (Å²) < 4.78 is 35.2. The first-order chi connectivity index (χ1) is 17.6. The Labute approximate surface area is 218 Å². The summed E-state index contributed by atoms with van der Waals surface area (Å²) in [6.45, 7) is 7.47. The van der Waals surface area contributed by atoms with Gasteiger partial charge in [-0.15, -0.1) is 6.58 Å². The van der Waals surface area contributed by atoms with Crippen LogP contribution in [-0.4, -0.2) is 13.2 Å². The molecule has 36 heavy (non-hydrogen) atoms. The van der Waals surface area contributed by atoms with Gasteiger partial charge in [-0.05, 0) is 138 Å². The zero-order chi connectivity index (χ0) is 25.3. The van der Waals surface area contributed by atoms with Crippen molar-refractivity contribution in [3.05, 3.63) is 53.6 Å². The molecule has 200 valence electrons. The smallest absolute Gasteiger partial charge is 0.166 e. The largest absolute Gasteiger partial charge is 0.382 e. The molecule has 1 aromatic rings. The number of rotatable bonds is 11. The van der Waals surface area contributed by atoms with E-state index in [4.69, 9.17) is 4.74 Å². The lowest BCUT2D eigenvalue weighted by Crippen LogP contribution is -2.28. The summed E-state index contributed by atoms with van der Waals surface area (Å²) in [6.07, 6.45) is 21.8. The van der Waals surface area contributed by atoms with Gasteiger partial charge in [0.2, 0.25) is 0 Å². The molecular formula is C33H48F2O. The average Bonchev–Trinajstić information content (AvgIpc) is 2.93. The van der Waals surface area contributed by atoms with Crippen LogP contribution in [0.5, 0.6) is 0 Å². The summed E-state index contributed by atoms with van der Waals surface area (Å²) in [7, 11) is 0. The fourth-order valence-corrected chi connectivity index (χ4v) is 7.34. The summed E-state index contributed by atoms with van der Waals surface area (Å²) in [5, 5.41) is 0. The molecule has 0 aromatic heterocycles. The van der Waals surface area contributed by atoms with Crippen molar-refractivity contribution < 1.29 is 13.5 Å². The predicted molar refractivity (Wildman–Crippen MR) is 147 cm³/mol. The molecule has 0 N–H and O–H groups in total. The van der Waals surface area contributed by atoms with Gasteiger partial charge in [0.05, 0.1) is 0 Å². The van der Waals surface area contributed by atoms with Crippen molar-refractivity contribution in [2.45, 2.75) is 103 Å². The van der Waals surface area contributed by atoms with E-state index in [0.717, 1.165) is 86.9 Å². The summed E-state index contributed by atoms with van der Waals surface area (Å²) >= 11 is 0. The Balaban J connectivity index is 1.24. The monoisotopic (exact) mass is 498 g/mol. The Kier molecular flexibility index (Phi) is 10.6. The number of benzene rings is 1. The third-order valence-electron chi connectivity index (χ3n) is 9.70. The standard InChI is InChI=1S/C33H48F2O/c1-3-24-9-11-25(12-10-24)26-13-15-27(16-14-26)28-17-19-29(20-18-28)31-22-21-30(32(34)33(31)35)8-6-5-7-23-36-4-2/h3,19,21-22,24-28H,1,4-18,20,23H2,2H3. The first-order valence-electron chi connectivity index (χ1n) is 15.0. The number of unbranched alkanes of at least 4 members (excludes halogenated alkanes) is 2. The van der Waals surface area contributed by atoms with E-state index in [0.29, 0.717) is 17.5 Å². The van der Waals surface area contributed by atoms with E-state index >= 15 is 0 Å². The Morgan fingerprint density at radius 1 is 0.833 bits per heavy atom. The van der Waals surface area contributed by atoms with Crippen molar-refractivity contribution in [1.82, 2.24) is 0 Å². The fraction of sp³-hybridized carbons (Fsp3) is 0.697. The van der Waals surface area contributed by atoms with Crippen LogP contribution in [0.1, 0.15) is 108 Å². The van der Waals surface area contributed by atoms with Crippen LogP contribution in [0.2, 0.25) is 0 Å². The molecule has 0 heterocycles.